The van der Waals surface area contributed by atoms with E-state index in [9.17, 15) is 0 Å². The molecule has 0 saturated heterocycles. The number of hydrogen-bond donors (Lipinski definition) is 1. The maximum Gasteiger partial charge on any atom is 0.259 e. The molecule has 0 aromatic carbocycles. The third kappa shape index (κ3) is 2.06. The summed E-state index contributed by atoms with van der Waals surface area (Å²) >= 11 is 0. The molecule has 0 radical (unpaired) electrons. The van der Waals surface area contributed by atoms with Crippen LogP contribution in [0.15, 0.2) is 12.7 Å². The second-order valence-corrected chi connectivity index (χ2v) is 3.97. The van der Waals surface area contributed by atoms with Crippen molar-refractivity contribution in [2.45, 2.75) is 13.8 Å². The molecule has 0 spiro atoms. The summed E-state index contributed by atoms with van der Waals surface area (Å²) in [5, 5.41) is 11.1. The highest BCUT2D eigenvalue weighted by atomic mass is 15.5. The molecule has 0 aliphatic carbocycles. The van der Waals surface area contributed by atoms with E-state index in [1.165, 1.54) is 17.3 Å². The van der Waals surface area contributed by atoms with Crippen molar-refractivity contribution in [2.24, 2.45) is 0 Å². The topological polar surface area (TPSA) is 112 Å². The Morgan fingerprint density at radius 1 is 1.05 bits per heavy atom. The molecule has 3 rings (SSSR count). The molecule has 10 heteroatoms. The van der Waals surface area contributed by atoms with Gasteiger partial charge in [-0.15, -0.1) is 5.10 Å². The van der Waals surface area contributed by atoms with Crippen LogP contribution < -0.4 is 5.32 Å². The Hall–Kier alpha value is -2.91. The Morgan fingerprint density at radius 2 is 1.85 bits per heavy atom. The van der Waals surface area contributed by atoms with Gasteiger partial charge in [0, 0.05) is 7.05 Å². The van der Waals surface area contributed by atoms with Gasteiger partial charge in [0.1, 0.15) is 24.3 Å². The molecule has 3 heterocycles. The number of hydrogen-bond acceptors (Lipinski definition) is 8. The van der Waals surface area contributed by atoms with Crippen molar-refractivity contribution in [3.63, 3.8) is 0 Å². The minimum Gasteiger partial charge on any atom is -0.357 e. The summed E-state index contributed by atoms with van der Waals surface area (Å²) in [5.74, 6) is 2.47. The van der Waals surface area contributed by atoms with Crippen molar-refractivity contribution in [1.29, 1.82) is 0 Å². The van der Waals surface area contributed by atoms with Gasteiger partial charge in [-0.05, 0) is 13.8 Å². The SMILES string of the molecule is CNc1nc(-n2cncn2)nc(-n2nc(C)nc2C)n1. The highest BCUT2D eigenvalue weighted by Crippen LogP contribution is 2.09. The van der Waals surface area contributed by atoms with Crippen LogP contribution in [0, 0.1) is 13.8 Å². The quantitative estimate of drug-likeness (QED) is 0.691. The molecule has 3 aromatic rings. The van der Waals surface area contributed by atoms with E-state index in [0.717, 1.165) is 0 Å². The maximum atomic E-state index is 4.33. The monoisotopic (exact) mass is 272 g/mol. The predicted octanol–water partition coefficient (Wildman–Crippen LogP) is -0.308. The first-order chi connectivity index (χ1) is 9.67. The fraction of sp³-hybridized carbons (Fsp3) is 0.300. The fourth-order valence-corrected chi connectivity index (χ4v) is 1.68. The maximum absolute atomic E-state index is 4.33. The highest BCUT2D eigenvalue weighted by Gasteiger charge is 2.13. The van der Waals surface area contributed by atoms with Gasteiger partial charge in [0.15, 0.2) is 0 Å². The van der Waals surface area contributed by atoms with Crippen LogP contribution in [0.2, 0.25) is 0 Å². The van der Waals surface area contributed by atoms with Crippen LogP contribution in [-0.2, 0) is 0 Å². The molecule has 10 nitrogen and oxygen atoms in total. The van der Waals surface area contributed by atoms with Gasteiger partial charge in [0.2, 0.25) is 5.95 Å². The van der Waals surface area contributed by atoms with E-state index in [0.29, 0.717) is 29.5 Å². The molecule has 0 saturated carbocycles. The fourth-order valence-electron chi connectivity index (χ4n) is 1.68. The Labute approximate surface area is 114 Å². The zero-order valence-corrected chi connectivity index (χ0v) is 11.2. The minimum absolute atomic E-state index is 0.351. The first-order valence-corrected chi connectivity index (χ1v) is 5.87. The summed E-state index contributed by atoms with van der Waals surface area (Å²) in [5.41, 5.74) is 0. The van der Waals surface area contributed by atoms with Crippen LogP contribution >= 0.6 is 0 Å². The van der Waals surface area contributed by atoms with Crippen LogP contribution in [-0.4, -0.2) is 51.5 Å². The van der Waals surface area contributed by atoms with Crippen LogP contribution in [0.4, 0.5) is 5.95 Å². The average Bonchev–Trinajstić information content (AvgIpc) is 3.08. The third-order valence-corrected chi connectivity index (χ3v) is 2.52. The number of nitrogens with one attached hydrogen (secondary N) is 1. The van der Waals surface area contributed by atoms with Crippen molar-refractivity contribution in [3.8, 4) is 11.9 Å². The van der Waals surface area contributed by atoms with Gasteiger partial charge in [0.05, 0.1) is 0 Å². The van der Waals surface area contributed by atoms with Crippen molar-refractivity contribution >= 4 is 5.95 Å². The zero-order valence-electron chi connectivity index (χ0n) is 11.2. The van der Waals surface area contributed by atoms with Gasteiger partial charge >= 0.3 is 0 Å². The zero-order chi connectivity index (χ0) is 14.1. The van der Waals surface area contributed by atoms with E-state index in [1.54, 1.807) is 11.7 Å². The number of aromatic nitrogens is 9. The third-order valence-electron chi connectivity index (χ3n) is 2.52. The van der Waals surface area contributed by atoms with Crippen LogP contribution in [0.1, 0.15) is 11.6 Å². The first kappa shape index (κ1) is 12.1. The summed E-state index contributed by atoms with van der Waals surface area (Å²) in [6, 6.07) is 0. The van der Waals surface area contributed by atoms with Crippen molar-refractivity contribution in [2.75, 3.05) is 12.4 Å². The summed E-state index contributed by atoms with van der Waals surface area (Å²) in [4.78, 5) is 20.9. The van der Waals surface area contributed by atoms with Gasteiger partial charge in [0.25, 0.3) is 11.9 Å². The Kier molecular flexibility index (Phi) is 2.82. The summed E-state index contributed by atoms with van der Waals surface area (Å²) in [6.45, 7) is 3.64. The molecule has 102 valence electrons. The van der Waals surface area contributed by atoms with E-state index < -0.39 is 0 Å². The van der Waals surface area contributed by atoms with Crippen molar-refractivity contribution < 1.29 is 0 Å². The molecule has 0 amide bonds. The largest absolute Gasteiger partial charge is 0.357 e. The molecule has 0 unspecified atom stereocenters. The van der Waals surface area contributed by atoms with Gasteiger partial charge in [-0.25, -0.2) is 9.97 Å². The number of rotatable bonds is 3. The molecule has 0 aliphatic rings. The number of nitrogens with zero attached hydrogens (tertiary/aromatic N) is 9. The van der Waals surface area contributed by atoms with E-state index >= 15 is 0 Å². The number of aryl methyl sites for hydroxylation is 2. The molecule has 0 bridgehead atoms. The van der Waals surface area contributed by atoms with Crippen LogP contribution in [0.3, 0.4) is 0 Å². The standard InChI is InChI=1S/C10H12N10/c1-6-14-7(2)20(18-6)10-16-8(11-3)15-9(17-10)19-5-12-4-13-19/h4-5H,1-3H3,(H,11,15,16,17). The summed E-state index contributed by atoms with van der Waals surface area (Å²) in [7, 11) is 1.73. The highest BCUT2D eigenvalue weighted by molar-refractivity contribution is 5.31. The molecule has 0 aliphatic heterocycles. The Bertz CT molecular complexity index is 729. The van der Waals surface area contributed by atoms with Gasteiger partial charge in [-0.3, -0.25) is 0 Å². The van der Waals surface area contributed by atoms with Gasteiger partial charge < -0.3 is 5.32 Å². The lowest BCUT2D eigenvalue weighted by molar-refractivity contribution is 0.729. The predicted molar refractivity (Wildman–Crippen MR) is 68.7 cm³/mol. The molecular weight excluding hydrogens is 260 g/mol. The van der Waals surface area contributed by atoms with Crippen LogP contribution in [0.25, 0.3) is 11.9 Å². The van der Waals surface area contributed by atoms with Gasteiger partial charge in [-0.1, -0.05) is 0 Å². The lowest BCUT2D eigenvalue weighted by Gasteiger charge is -2.06. The molecule has 0 fully saturated rings. The average molecular weight is 272 g/mol. The second kappa shape index (κ2) is 4.64. The Morgan fingerprint density at radius 3 is 2.45 bits per heavy atom. The second-order valence-electron chi connectivity index (χ2n) is 3.97. The molecule has 0 atom stereocenters. The Balaban J connectivity index is 2.16. The lowest BCUT2D eigenvalue weighted by Crippen LogP contribution is -2.13. The van der Waals surface area contributed by atoms with Gasteiger partial charge in [-0.2, -0.15) is 29.4 Å². The summed E-state index contributed by atoms with van der Waals surface area (Å²) < 4.78 is 3.00. The number of anilines is 1. The molecule has 20 heavy (non-hydrogen) atoms. The van der Waals surface area contributed by atoms with Crippen LogP contribution in [0.5, 0.6) is 0 Å². The first-order valence-electron chi connectivity index (χ1n) is 5.87. The normalized spacial score (nSPS) is 10.8. The molecule has 3 aromatic heterocycles. The molecular formula is C10H12N10. The van der Waals surface area contributed by atoms with Crippen molar-refractivity contribution in [3.05, 3.63) is 24.3 Å². The van der Waals surface area contributed by atoms with E-state index in [-0.39, 0.29) is 0 Å². The van der Waals surface area contributed by atoms with E-state index in [2.05, 4.69) is 40.4 Å². The lowest BCUT2D eigenvalue weighted by atomic mass is 10.7. The smallest absolute Gasteiger partial charge is 0.259 e. The van der Waals surface area contributed by atoms with E-state index in [1.807, 2.05) is 13.8 Å². The van der Waals surface area contributed by atoms with Crippen molar-refractivity contribution in [1.82, 2.24) is 44.5 Å². The molecule has 1 N–H and O–H groups in total. The minimum atomic E-state index is 0.351. The van der Waals surface area contributed by atoms with E-state index in [4.69, 9.17) is 0 Å². The summed E-state index contributed by atoms with van der Waals surface area (Å²) in [6.07, 6.45) is 2.92.